The van der Waals surface area contributed by atoms with E-state index in [4.69, 9.17) is 5.11 Å². The topological polar surface area (TPSA) is 49.3 Å². The molecule has 0 unspecified atom stereocenters. The number of benzene rings is 1. The first-order valence-corrected chi connectivity index (χ1v) is 6.53. The average molecular weight is 259 g/mol. The van der Waals surface area contributed by atoms with Crippen molar-refractivity contribution in [2.45, 2.75) is 27.2 Å². The van der Waals surface area contributed by atoms with E-state index in [0.717, 1.165) is 11.1 Å². The van der Waals surface area contributed by atoms with Crippen molar-refractivity contribution in [2.24, 2.45) is 5.92 Å². The Labute approximate surface area is 115 Å². The highest BCUT2D eigenvalue weighted by Gasteiger charge is 2.09. The Balaban J connectivity index is 2.85. The second kappa shape index (κ2) is 7.60. The average Bonchev–Trinajstić information content (AvgIpc) is 2.38. The number of carbonyl (C=O) groups excluding carboxylic acids is 1. The van der Waals surface area contributed by atoms with Gasteiger partial charge in [-0.1, -0.05) is 31.8 Å². The van der Waals surface area contributed by atoms with Crippen LogP contribution < -0.4 is 5.32 Å². The van der Waals surface area contributed by atoms with E-state index in [1.165, 1.54) is 0 Å². The number of carbonyl (C=O) groups is 1. The molecule has 2 N–H and O–H groups in total. The lowest BCUT2D eigenvalue weighted by molar-refractivity contribution is 0.0948. The zero-order valence-corrected chi connectivity index (χ0v) is 11.8. The van der Waals surface area contributed by atoms with Crippen molar-refractivity contribution in [1.82, 2.24) is 5.32 Å². The van der Waals surface area contributed by atoms with Gasteiger partial charge in [0, 0.05) is 24.1 Å². The van der Waals surface area contributed by atoms with Crippen LogP contribution in [0.25, 0.3) is 0 Å². The second-order valence-electron chi connectivity index (χ2n) is 4.91. The van der Waals surface area contributed by atoms with Gasteiger partial charge in [-0.2, -0.15) is 0 Å². The van der Waals surface area contributed by atoms with E-state index in [1.807, 2.05) is 19.1 Å². The molecule has 1 aromatic rings. The normalized spacial score (nSPS) is 9.95. The molecule has 0 aliphatic carbocycles. The lowest BCUT2D eigenvalue weighted by atomic mass is 10.0. The van der Waals surface area contributed by atoms with Crippen LogP contribution in [0.3, 0.4) is 0 Å². The van der Waals surface area contributed by atoms with Crippen molar-refractivity contribution in [3.05, 3.63) is 34.9 Å². The van der Waals surface area contributed by atoms with Gasteiger partial charge >= 0.3 is 0 Å². The highest BCUT2D eigenvalue weighted by atomic mass is 16.2. The van der Waals surface area contributed by atoms with Crippen LogP contribution in [0.5, 0.6) is 0 Å². The Morgan fingerprint density at radius 3 is 2.79 bits per heavy atom. The first-order chi connectivity index (χ1) is 9.04. The van der Waals surface area contributed by atoms with Crippen LogP contribution in [-0.2, 0) is 0 Å². The Hall–Kier alpha value is -1.79. The Bertz CT molecular complexity index is 495. The minimum atomic E-state index is -0.0583. The van der Waals surface area contributed by atoms with Crippen LogP contribution >= 0.6 is 0 Å². The third kappa shape index (κ3) is 5.15. The molecule has 19 heavy (non-hydrogen) atoms. The number of aliphatic hydroxyl groups excluding tert-OH is 1. The van der Waals surface area contributed by atoms with Gasteiger partial charge in [0.1, 0.15) is 0 Å². The van der Waals surface area contributed by atoms with Gasteiger partial charge < -0.3 is 10.4 Å². The van der Waals surface area contributed by atoms with Crippen molar-refractivity contribution in [3.63, 3.8) is 0 Å². The predicted molar refractivity (Wildman–Crippen MR) is 76.9 cm³/mol. The molecule has 3 heteroatoms. The molecule has 0 atom stereocenters. The zero-order chi connectivity index (χ0) is 14.3. The van der Waals surface area contributed by atoms with Gasteiger partial charge in [0.15, 0.2) is 0 Å². The summed E-state index contributed by atoms with van der Waals surface area (Å²) in [6.07, 6.45) is 0.447. The predicted octanol–water partition coefficient (Wildman–Crippen LogP) is 2.11. The number of nitrogens with one attached hydrogen (secondary N) is 1. The third-order valence-electron chi connectivity index (χ3n) is 2.62. The van der Waals surface area contributed by atoms with Gasteiger partial charge in [0.05, 0.1) is 6.61 Å². The monoisotopic (exact) mass is 259 g/mol. The molecule has 0 aliphatic rings. The number of rotatable bonds is 4. The molecule has 3 nitrogen and oxygen atoms in total. The lowest BCUT2D eigenvalue weighted by Crippen LogP contribution is -2.27. The molecule has 0 spiro atoms. The van der Waals surface area contributed by atoms with Crippen LogP contribution in [0.15, 0.2) is 18.2 Å². The fourth-order valence-electron chi connectivity index (χ4n) is 1.56. The summed E-state index contributed by atoms with van der Waals surface area (Å²) < 4.78 is 0. The number of aliphatic hydroxyl groups is 1. The van der Waals surface area contributed by atoms with Gasteiger partial charge in [0.25, 0.3) is 5.91 Å². The molecule has 1 rings (SSSR count). The number of amides is 1. The van der Waals surface area contributed by atoms with Crippen LogP contribution in [0.1, 0.15) is 41.8 Å². The largest absolute Gasteiger partial charge is 0.395 e. The van der Waals surface area contributed by atoms with Crippen LogP contribution in [0.4, 0.5) is 0 Å². The quantitative estimate of drug-likeness (QED) is 0.814. The van der Waals surface area contributed by atoms with Gasteiger partial charge in [0.2, 0.25) is 0 Å². The standard InChI is InChI=1S/C16H21NO2/c1-12(2)11-17-16(19)15-10-14(6-4-5-9-18)8-7-13(15)3/h7-8,10,12,18H,5,9,11H2,1-3H3,(H,17,19). The fraction of sp³-hybridized carbons (Fsp3) is 0.438. The maximum atomic E-state index is 12.1. The second-order valence-corrected chi connectivity index (χ2v) is 4.91. The lowest BCUT2D eigenvalue weighted by Gasteiger charge is -2.10. The first kappa shape index (κ1) is 15.3. The first-order valence-electron chi connectivity index (χ1n) is 6.53. The molecular weight excluding hydrogens is 238 g/mol. The van der Waals surface area contributed by atoms with E-state index in [-0.39, 0.29) is 12.5 Å². The van der Waals surface area contributed by atoms with Crippen molar-refractivity contribution in [3.8, 4) is 11.8 Å². The molecule has 102 valence electrons. The Kier molecular flexibility index (Phi) is 6.11. The molecule has 0 aromatic heterocycles. The zero-order valence-electron chi connectivity index (χ0n) is 11.8. The summed E-state index contributed by atoms with van der Waals surface area (Å²) in [6.45, 7) is 6.75. The molecule has 0 fully saturated rings. The summed E-state index contributed by atoms with van der Waals surface area (Å²) in [5, 5.41) is 11.6. The highest BCUT2D eigenvalue weighted by Crippen LogP contribution is 2.11. The molecule has 0 saturated heterocycles. The van der Waals surface area contributed by atoms with Gasteiger partial charge in [-0.3, -0.25) is 4.79 Å². The molecular formula is C16H21NO2. The van der Waals surface area contributed by atoms with E-state index in [9.17, 15) is 4.79 Å². The van der Waals surface area contributed by atoms with Crippen molar-refractivity contribution in [1.29, 1.82) is 0 Å². The Morgan fingerprint density at radius 2 is 2.16 bits per heavy atom. The summed E-state index contributed by atoms with van der Waals surface area (Å²) >= 11 is 0. The van der Waals surface area contributed by atoms with Crippen LogP contribution in [0, 0.1) is 24.7 Å². The summed E-state index contributed by atoms with van der Waals surface area (Å²) in [5.41, 5.74) is 2.40. The van der Waals surface area contributed by atoms with E-state index >= 15 is 0 Å². The summed E-state index contributed by atoms with van der Waals surface area (Å²) in [6, 6.07) is 5.58. The van der Waals surface area contributed by atoms with E-state index in [0.29, 0.717) is 24.4 Å². The highest BCUT2D eigenvalue weighted by molar-refractivity contribution is 5.96. The molecule has 1 amide bonds. The smallest absolute Gasteiger partial charge is 0.251 e. The minimum absolute atomic E-state index is 0.0561. The summed E-state index contributed by atoms with van der Waals surface area (Å²) in [4.78, 5) is 12.1. The van der Waals surface area contributed by atoms with Gasteiger partial charge in [-0.15, -0.1) is 0 Å². The summed E-state index contributed by atoms with van der Waals surface area (Å²) in [7, 11) is 0. The molecule has 1 aromatic carbocycles. The number of hydrogen-bond donors (Lipinski definition) is 2. The van der Waals surface area contributed by atoms with E-state index < -0.39 is 0 Å². The van der Waals surface area contributed by atoms with Crippen molar-refractivity contribution >= 4 is 5.91 Å². The van der Waals surface area contributed by atoms with Gasteiger partial charge in [-0.05, 0) is 30.5 Å². The number of hydrogen-bond acceptors (Lipinski definition) is 2. The summed E-state index contributed by atoms with van der Waals surface area (Å²) in [5.74, 6) is 6.17. The molecule has 0 bridgehead atoms. The minimum Gasteiger partial charge on any atom is -0.395 e. The maximum absolute atomic E-state index is 12.1. The SMILES string of the molecule is Cc1ccc(C#CCCO)cc1C(=O)NCC(C)C. The van der Waals surface area contributed by atoms with Crippen molar-refractivity contribution in [2.75, 3.05) is 13.2 Å². The van der Waals surface area contributed by atoms with Crippen LogP contribution in [0.2, 0.25) is 0 Å². The number of aryl methyl sites for hydroxylation is 1. The van der Waals surface area contributed by atoms with Gasteiger partial charge in [-0.25, -0.2) is 0 Å². The molecule has 0 aliphatic heterocycles. The van der Waals surface area contributed by atoms with E-state index in [1.54, 1.807) is 6.07 Å². The fourth-order valence-corrected chi connectivity index (χ4v) is 1.56. The molecule has 0 radical (unpaired) electrons. The Morgan fingerprint density at radius 1 is 1.42 bits per heavy atom. The van der Waals surface area contributed by atoms with Crippen LogP contribution in [-0.4, -0.2) is 24.2 Å². The third-order valence-corrected chi connectivity index (χ3v) is 2.62. The van der Waals surface area contributed by atoms with E-state index in [2.05, 4.69) is 31.0 Å². The molecule has 0 heterocycles. The van der Waals surface area contributed by atoms with Crippen molar-refractivity contribution < 1.29 is 9.90 Å². The maximum Gasteiger partial charge on any atom is 0.251 e. The molecule has 0 saturated carbocycles.